The number of ether oxygens (including phenoxy) is 3. The molecule has 2 aliphatic rings. The van der Waals surface area contributed by atoms with E-state index in [2.05, 4.69) is 5.32 Å². The van der Waals surface area contributed by atoms with Gasteiger partial charge in [0.25, 0.3) is 0 Å². The number of carbonyl (C=O) groups is 3. The van der Waals surface area contributed by atoms with Crippen LogP contribution < -0.4 is 5.32 Å². The molecule has 11 heteroatoms. The number of hydrogen-bond acceptors (Lipinski definition) is 8. The Hall–Kier alpha value is -1.91. The van der Waals surface area contributed by atoms with E-state index >= 15 is 4.39 Å². The number of esters is 2. The average Bonchev–Trinajstić information content (AvgIpc) is 2.92. The summed E-state index contributed by atoms with van der Waals surface area (Å²) in [7, 11) is 0. The number of nitrogens with zero attached hydrogens (tertiary/aromatic N) is 1. The molecule has 164 valence electrons. The number of aliphatic hydroxyl groups excluding tert-OH is 1. The van der Waals surface area contributed by atoms with E-state index in [1.54, 1.807) is 27.7 Å². The Bertz CT molecular complexity index is 675. The first-order valence-electron chi connectivity index (χ1n) is 9.21. The van der Waals surface area contributed by atoms with Crippen molar-refractivity contribution < 1.29 is 38.1 Å². The molecule has 2 aliphatic heterocycles. The maximum Gasteiger partial charge on any atom is 0.308 e. The Morgan fingerprint density at radius 2 is 1.97 bits per heavy atom. The molecule has 0 aromatic carbocycles. The van der Waals surface area contributed by atoms with Crippen molar-refractivity contribution >= 4 is 29.4 Å². The van der Waals surface area contributed by atoms with E-state index in [1.165, 1.54) is 0 Å². The number of amides is 1. The number of halogens is 2. The Labute approximate surface area is 173 Å². The summed E-state index contributed by atoms with van der Waals surface area (Å²) >= 11 is 6.07. The van der Waals surface area contributed by atoms with Crippen LogP contribution in [0.5, 0.6) is 0 Å². The maximum atomic E-state index is 15.4. The first kappa shape index (κ1) is 23.4. The third kappa shape index (κ3) is 4.99. The smallest absolute Gasteiger partial charge is 0.308 e. The first-order valence-corrected chi connectivity index (χ1v) is 9.75. The van der Waals surface area contributed by atoms with Gasteiger partial charge in [0.1, 0.15) is 6.61 Å². The molecule has 5 unspecified atom stereocenters. The Morgan fingerprint density at radius 1 is 1.34 bits per heavy atom. The zero-order valence-electron chi connectivity index (χ0n) is 16.6. The predicted octanol–water partition coefficient (Wildman–Crippen LogP) is 0.647. The topological polar surface area (TPSA) is 114 Å². The summed E-state index contributed by atoms with van der Waals surface area (Å²) in [6, 6.07) is 0. The Balaban J connectivity index is 2.33. The Kier molecular flexibility index (Phi) is 7.47. The molecular formula is C18H26ClFN2O7. The number of rotatable bonds is 7. The van der Waals surface area contributed by atoms with Gasteiger partial charge in [0.05, 0.1) is 17.7 Å². The van der Waals surface area contributed by atoms with E-state index < -0.39 is 66.7 Å². The number of carbonyl (C=O) groups excluding carboxylic acids is 3. The van der Waals surface area contributed by atoms with Gasteiger partial charge in [-0.15, -0.1) is 11.6 Å². The molecule has 1 amide bonds. The fourth-order valence-electron chi connectivity index (χ4n) is 2.80. The highest BCUT2D eigenvalue weighted by Gasteiger charge is 2.61. The lowest BCUT2D eigenvalue weighted by atomic mass is 9.98. The summed E-state index contributed by atoms with van der Waals surface area (Å²) in [6.45, 7) is 5.95. The van der Waals surface area contributed by atoms with Crippen LogP contribution >= 0.6 is 11.6 Å². The molecule has 29 heavy (non-hydrogen) atoms. The minimum absolute atomic E-state index is 0.356. The number of hydrogen-bond donors (Lipinski definition) is 2. The summed E-state index contributed by atoms with van der Waals surface area (Å²) in [6.07, 6.45) is -4.24. The molecule has 5 atom stereocenters. The number of aliphatic hydroxyl groups is 1. The summed E-state index contributed by atoms with van der Waals surface area (Å²) in [4.78, 5) is 36.4. The Morgan fingerprint density at radius 3 is 2.48 bits per heavy atom. The van der Waals surface area contributed by atoms with E-state index in [1.807, 2.05) is 0 Å². The molecule has 0 spiro atoms. The highest BCUT2D eigenvalue weighted by Crippen LogP contribution is 2.39. The lowest BCUT2D eigenvalue weighted by Crippen LogP contribution is -2.54. The molecule has 9 nitrogen and oxygen atoms in total. The SMILES string of the molecule is CC(C)C(=O)OCC1(CCl)OC(N2C=CC(=O)NC2O)C(F)C1OC(=O)C(C)C. The van der Waals surface area contributed by atoms with Crippen LogP contribution in [0.1, 0.15) is 27.7 Å². The summed E-state index contributed by atoms with van der Waals surface area (Å²) in [5, 5.41) is 12.3. The number of nitrogens with one attached hydrogen (secondary N) is 1. The van der Waals surface area contributed by atoms with E-state index in [0.29, 0.717) is 0 Å². The standard InChI is InChI=1S/C18H26ClFN2O7/c1-9(2)15(24)27-8-18(7-19)13(28-16(25)10(3)4)12(20)14(29-18)22-6-5-11(23)21-17(22)26/h5-6,9-10,12-14,17,26H,7-8H2,1-4H3,(H,21,23). The van der Waals surface area contributed by atoms with Crippen LogP contribution in [0.25, 0.3) is 0 Å². The van der Waals surface area contributed by atoms with Gasteiger partial charge in [-0.2, -0.15) is 0 Å². The molecule has 1 saturated heterocycles. The molecule has 0 aliphatic carbocycles. The minimum atomic E-state index is -1.96. The average molecular weight is 437 g/mol. The van der Waals surface area contributed by atoms with Crippen LogP contribution in [0, 0.1) is 11.8 Å². The van der Waals surface area contributed by atoms with Crippen LogP contribution in [0.2, 0.25) is 0 Å². The predicted molar refractivity (Wildman–Crippen MR) is 98.9 cm³/mol. The van der Waals surface area contributed by atoms with Gasteiger partial charge in [0.15, 0.2) is 24.1 Å². The monoisotopic (exact) mass is 436 g/mol. The second-order valence-electron chi connectivity index (χ2n) is 7.57. The van der Waals surface area contributed by atoms with Crippen LogP contribution in [-0.4, -0.2) is 70.8 Å². The lowest BCUT2D eigenvalue weighted by Gasteiger charge is -2.35. The van der Waals surface area contributed by atoms with Crippen molar-refractivity contribution in [3.8, 4) is 0 Å². The third-order valence-corrected chi connectivity index (χ3v) is 5.00. The van der Waals surface area contributed by atoms with Crippen molar-refractivity contribution in [1.82, 2.24) is 10.2 Å². The minimum Gasteiger partial charge on any atom is -0.462 e. The molecule has 0 aromatic rings. The van der Waals surface area contributed by atoms with Crippen molar-refractivity contribution in [3.63, 3.8) is 0 Å². The van der Waals surface area contributed by atoms with E-state index in [0.717, 1.165) is 17.2 Å². The lowest BCUT2D eigenvalue weighted by molar-refractivity contribution is -0.187. The highest BCUT2D eigenvalue weighted by molar-refractivity contribution is 6.18. The molecule has 2 heterocycles. The van der Waals surface area contributed by atoms with Gasteiger partial charge in [0, 0.05) is 12.3 Å². The van der Waals surface area contributed by atoms with Gasteiger partial charge in [-0.3, -0.25) is 14.4 Å². The van der Waals surface area contributed by atoms with Crippen LogP contribution in [0.4, 0.5) is 4.39 Å². The van der Waals surface area contributed by atoms with Crippen LogP contribution in [0.15, 0.2) is 12.3 Å². The normalized spacial score (nSPS) is 31.9. The molecular weight excluding hydrogens is 411 g/mol. The van der Waals surface area contributed by atoms with Gasteiger partial charge in [0.2, 0.25) is 12.3 Å². The van der Waals surface area contributed by atoms with Crippen molar-refractivity contribution in [1.29, 1.82) is 0 Å². The largest absolute Gasteiger partial charge is 0.462 e. The second kappa shape index (κ2) is 9.27. The molecule has 0 saturated carbocycles. The molecule has 0 radical (unpaired) electrons. The third-order valence-electron chi connectivity index (χ3n) is 4.55. The van der Waals surface area contributed by atoms with Gasteiger partial charge >= 0.3 is 11.9 Å². The van der Waals surface area contributed by atoms with Crippen LogP contribution in [-0.2, 0) is 28.6 Å². The van der Waals surface area contributed by atoms with Crippen molar-refractivity contribution in [2.24, 2.45) is 11.8 Å². The molecule has 0 aromatic heterocycles. The van der Waals surface area contributed by atoms with Gasteiger partial charge in [-0.25, -0.2) is 4.39 Å². The fraction of sp³-hybridized carbons (Fsp3) is 0.722. The molecule has 2 N–H and O–H groups in total. The molecule has 2 rings (SSSR count). The van der Waals surface area contributed by atoms with E-state index in [4.69, 9.17) is 25.8 Å². The summed E-state index contributed by atoms with van der Waals surface area (Å²) in [5.41, 5.74) is -1.68. The first-order chi connectivity index (χ1) is 13.5. The summed E-state index contributed by atoms with van der Waals surface area (Å²) in [5.74, 6) is -3.16. The van der Waals surface area contributed by atoms with Gasteiger partial charge in [-0.05, 0) is 0 Å². The molecule has 1 fully saturated rings. The van der Waals surface area contributed by atoms with Crippen molar-refractivity contribution in [2.75, 3.05) is 12.5 Å². The van der Waals surface area contributed by atoms with Crippen molar-refractivity contribution in [3.05, 3.63) is 12.3 Å². The van der Waals surface area contributed by atoms with E-state index in [9.17, 15) is 19.5 Å². The van der Waals surface area contributed by atoms with Gasteiger partial charge < -0.3 is 29.5 Å². The zero-order valence-corrected chi connectivity index (χ0v) is 17.4. The molecule has 0 bridgehead atoms. The quantitative estimate of drug-likeness (QED) is 0.441. The van der Waals surface area contributed by atoms with Gasteiger partial charge in [-0.1, -0.05) is 27.7 Å². The zero-order chi connectivity index (χ0) is 21.9. The highest BCUT2D eigenvalue weighted by atomic mass is 35.5. The van der Waals surface area contributed by atoms with Crippen LogP contribution in [0.3, 0.4) is 0 Å². The second-order valence-corrected chi connectivity index (χ2v) is 7.84. The summed E-state index contributed by atoms with van der Waals surface area (Å²) < 4.78 is 31.7. The van der Waals surface area contributed by atoms with Crippen molar-refractivity contribution in [2.45, 2.75) is 58.2 Å². The van der Waals surface area contributed by atoms with E-state index in [-0.39, 0.29) is 5.88 Å². The number of alkyl halides is 2. The maximum absolute atomic E-state index is 15.4. The fourth-order valence-corrected chi connectivity index (χ4v) is 3.09.